The molecule has 0 radical (unpaired) electrons. The van der Waals surface area contributed by atoms with Crippen molar-refractivity contribution in [1.82, 2.24) is 10.2 Å². The Balaban J connectivity index is 2.04. The van der Waals surface area contributed by atoms with Gasteiger partial charge in [-0.2, -0.15) is 0 Å². The van der Waals surface area contributed by atoms with Crippen LogP contribution in [0.15, 0.2) is 48.5 Å². The van der Waals surface area contributed by atoms with Gasteiger partial charge in [-0.15, -0.1) is 11.8 Å². The number of nitrogens with zero attached hydrogens (tertiary/aromatic N) is 1. The summed E-state index contributed by atoms with van der Waals surface area (Å²) < 4.78 is 27.2. The van der Waals surface area contributed by atoms with E-state index in [0.29, 0.717) is 17.9 Å². The molecule has 1 N–H and O–H groups in total. The minimum absolute atomic E-state index is 0.0188. The average molecular weight is 435 g/mol. The van der Waals surface area contributed by atoms with Gasteiger partial charge < -0.3 is 10.2 Å². The number of benzene rings is 2. The van der Waals surface area contributed by atoms with Crippen LogP contribution < -0.4 is 5.32 Å². The predicted octanol–water partition coefficient (Wildman–Crippen LogP) is 4.53. The van der Waals surface area contributed by atoms with E-state index in [4.69, 9.17) is 0 Å². The Hall–Kier alpha value is -2.41. The second-order valence-corrected chi connectivity index (χ2v) is 8.04. The van der Waals surface area contributed by atoms with E-state index in [9.17, 15) is 18.4 Å². The van der Waals surface area contributed by atoms with Crippen LogP contribution in [-0.2, 0) is 21.9 Å². The third-order valence-electron chi connectivity index (χ3n) is 4.70. The lowest BCUT2D eigenvalue weighted by Crippen LogP contribution is -2.48. The van der Waals surface area contributed by atoms with E-state index < -0.39 is 11.9 Å². The van der Waals surface area contributed by atoms with Crippen LogP contribution in [-0.4, -0.2) is 35.1 Å². The van der Waals surface area contributed by atoms with E-state index in [-0.39, 0.29) is 29.9 Å². The highest BCUT2D eigenvalue weighted by atomic mass is 32.2. The number of amides is 2. The van der Waals surface area contributed by atoms with Crippen molar-refractivity contribution in [2.24, 2.45) is 0 Å². The summed E-state index contributed by atoms with van der Waals surface area (Å²) in [5, 5.41) is 2.84. The zero-order valence-corrected chi connectivity index (χ0v) is 18.2. The van der Waals surface area contributed by atoms with E-state index in [0.717, 1.165) is 18.4 Å². The molecule has 2 aromatic carbocycles. The fraction of sp³-hybridized carbons (Fsp3) is 0.391. The molecule has 7 heteroatoms. The first-order chi connectivity index (χ1) is 14.4. The maximum atomic E-state index is 14.2. The normalized spacial score (nSPS) is 11.7. The molecule has 0 spiro atoms. The van der Waals surface area contributed by atoms with Gasteiger partial charge in [0.2, 0.25) is 11.8 Å². The molecule has 0 bridgehead atoms. The van der Waals surface area contributed by atoms with Crippen LogP contribution in [0.4, 0.5) is 8.78 Å². The summed E-state index contributed by atoms with van der Waals surface area (Å²) >= 11 is 1.37. The molecule has 162 valence electrons. The van der Waals surface area contributed by atoms with Crippen LogP contribution in [0.5, 0.6) is 0 Å². The molecule has 0 heterocycles. The van der Waals surface area contributed by atoms with Crippen molar-refractivity contribution >= 4 is 23.6 Å². The molecule has 30 heavy (non-hydrogen) atoms. The van der Waals surface area contributed by atoms with E-state index in [2.05, 4.69) is 5.32 Å². The minimum Gasteiger partial charge on any atom is -0.354 e. The summed E-state index contributed by atoms with van der Waals surface area (Å²) in [7, 11) is 0. The Kier molecular flexibility index (Phi) is 9.80. The largest absolute Gasteiger partial charge is 0.354 e. The van der Waals surface area contributed by atoms with Crippen LogP contribution >= 0.6 is 11.8 Å². The third-order valence-corrected chi connectivity index (χ3v) is 5.69. The van der Waals surface area contributed by atoms with Crippen LogP contribution in [0.25, 0.3) is 0 Å². The molecule has 0 aromatic heterocycles. The molecule has 2 amide bonds. The Labute approximate surface area is 181 Å². The lowest BCUT2D eigenvalue weighted by Gasteiger charge is -2.29. The first kappa shape index (κ1) is 23.9. The summed E-state index contributed by atoms with van der Waals surface area (Å²) in [6.07, 6.45) is 1.81. The molecule has 0 fully saturated rings. The molecule has 0 aliphatic carbocycles. The highest BCUT2D eigenvalue weighted by molar-refractivity contribution is 7.99. The molecule has 0 saturated carbocycles. The number of carbonyl (C=O) groups excluding carboxylic acids is 2. The van der Waals surface area contributed by atoms with Gasteiger partial charge in [-0.1, -0.05) is 43.7 Å². The van der Waals surface area contributed by atoms with Crippen LogP contribution in [0.2, 0.25) is 0 Å². The number of nitrogens with one attached hydrogen (secondary N) is 1. The molecule has 4 nitrogen and oxygen atoms in total. The summed E-state index contributed by atoms with van der Waals surface area (Å²) in [6.45, 7) is 4.25. The van der Waals surface area contributed by atoms with Gasteiger partial charge >= 0.3 is 0 Å². The zero-order chi connectivity index (χ0) is 21.9. The second-order valence-electron chi connectivity index (χ2n) is 7.05. The van der Waals surface area contributed by atoms with E-state index in [1.54, 1.807) is 37.3 Å². The number of halogens is 2. The molecule has 2 rings (SSSR count). The van der Waals surface area contributed by atoms with Crippen molar-refractivity contribution in [1.29, 1.82) is 0 Å². The number of rotatable bonds is 11. The van der Waals surface area contributed by atoms with Crippen LogP contribution in [0, 0.1) is 11.6 Å². The van der Waals surface area contributed by atoms with E-state index >= 15 is 0 Å². The predicted molar refractivity (Wildman–Crippen MR) is 117 cm³/mol. The maximum Gasteiger partial charge on any atom is 0.242 e. The van der Waals surface area contributed by atoms with Gasteiger partial charge in [0, 0.05) is 24.4 Å². The first-order valence-corrected chi connectivity index (χ1v) is 11.2. The highest BCUT2D eigenvalue weighted by Gasteiger charge is 2.26. The lowest BCUT2D eigenvalue weighted by atomic mass is 10.1. The average Bonchev–Trinajstić information content (AvgIpc) is 2.74. The standard InChI is InChI=1S/C23H28F2N2O2S/c1-3-4-13-26-23(29)17(2)27(14-19-7-5-6-8-21(19)25)22(28)16-30-15-18-9-11-20(24)12-10-18/h5-12,17H,3-4,13-16H2,1-2H3,(H,26,29). The van der Waals surface area contributed by atoms with Gasteiger partial charge in [-0.05, 0) is 37.1 Å². The maximum absolute atomic E-state index is 14.2. The quantitative estimate of drug-likeness (QED) is 0.529. The number of hydrogen-bond acceptors (Lipinski definition) is 3. The van der Waals surface area contributed by atoms with Gasteiger partial charge in [0.15, 0.2) is 0 Å². The number of thioether (sulfide) groups is 1. The summed E-state index contributed by atoms with van der Waals surface area (Å²) in [6, 6.07) is 11.6. The molecule has 0 aliphatic rings. The van der Waals surface area contributed by atoms with Gasteiger partial charge in [0.1, 0.15) is 17.7 Å². The Morgan fingerprint density at radius 1 is 1.10 bits per heavy atom. The molecule has 0 aliphatic heterocycles. The van der Waals surface area contributed by atoms with Gasteiger partial charge in [0.25, 0.3) is 0 Å². The smallest absolute Gasteiger partial charge is 0.242 e. The third kappa shape index (κ3) is 7.44. The monoisotopic (exact) mass is 434 g/mol. The van der Waals surface area contributed by atoms with Crippen LogP contribution in [0.3, 0.4) is 0 Å². The van der Waals surface area contributed by atoms with Gasteiger partial charge in [0.05, 0.1) is 5.75 Å². The zero-order valence-electron chi connectivity index (χ0n) is 17.4. The number of unbranched alkanes of at least 4 members (excludes halogenated alkanes) is 1. The molecular weight excluding hydrogens is 406 g/mol. The Bertz CT molecular complexity index is 830. The summed E-state index contributed by atoms with van der Waals surface area (Å²) in [5.74, 6) is -0.540. The summed E-state index contributed by atoms with van der Waals surface area (Å²) in [5.41, 5.74) is 1.27. The summed E-state index contributed by atoms with van der Waals surface area (Å²) in [4.78, 5) is 26.9. The van der Waals surface area contributed by atoms with E-state index in [1.165, 1.54) is 34.9 Å². The highest BCUT2D eigenvalue weighted by Crippen LogP contribution is 2.17. The lowest BCUT2D eigenvalue weighted by molar-refractivity contribution is -0.138. The molecule has 2 aromatic rings. The second kappa shape index (κ2) is 12.3. The van der Waals surface area contributed by atoms with E-state index in [1.807, 2.05) is 6.92 Å². The molecule has 1 atom stereocenters. The van der Waals surface area contributed by atoms with Crippen molar-refractivity contribution in [2.45, 2.75) is 45.0 Å². The minimum atomic E-state index is -0.722. The van der Waals surface area contributed by atoms with Crippen molar-refractivity contribution in [3.8, 4) is 0 Å². The molecule has 1 unspecified atom stereocenters. The van der Waals surface area contributed by atoms with Gasteiger partial charge in [-0.25, -0.2) is 8.78 Å². The van der Waals surface area contributed by atoms with Crippen molar-refractivity contribution in [3.05, 3.63) is 71.3 Å². The first-order valence-electron chi connectivity index (χ1n) is 10.0. The SMILES string of the molecule is CCCCNC(=O)C(C)N(Cc1ccccc1F)C(=O)CSCc1ccc(F)cc1. The topological polar surface area (TPSA) is 49.4 Å². The molecule has 0 saturated heterocycles. The van der Waals surface area contributed by atoms with Crippen LogP contribution in [0.1, 0.15) is 37.8 Å². The number of carbonyl (C=O) groups is 2. The Morgan fingerprint density at radius 2 is 1.80 bits per heavy atom. The van der Waals surface area contributed by atoms with Crippen molar-refractivity contribution < 1.29 is 18.4 Å². The molecular formula is C23H28F2N2O2S. The van der Waals surface area contributed by atoms with Crippen molar-refractivity contribution in [2.75, 3.05) is 12.3 Å². The van der Waals surface area contributed by atoms with Crippen molar-refractivity contribution in [3.63, 3.8) is 0 Å². The number of hydrogen-bond donors (Lipinski definition) is 1. The Morgan fingerprint density at radius 3 is 2.47 bits per heavy atom. The van der Waals surface area contributed by atoms with Gasteiger partial charge in [-0.3, -0.25) is 9.59 Å². The fourth-order valence-corrected chi connectivity index (χ4v) is 3.72. The fourth-order valence-electron chi connectivity index (χ4n) is 2.85.